The van der Waals surface area contributed by atoms with Crippen LogP contribution in [0.25, 0.3) is 0 Å². The van der Waals surface area contributed by atoms with Crippen LogP contribution in [0.4, 0.5) is 0 Å². The number of carbonyl (C=O) groups is 1. The van der Waals surface area contributed by atoms with Crippen LogP contribution >= 0.6 is 7.82 Å². The van der Waals surface area contributed by atoms with E-state index in [9.17, 15) is 14.3 Å². The maximum absolute atomic E-state index is 12.8. The lowest BCUT2D eigenvalue weighted by Gasteiger charge is -2.24. The van der Waals surface area contributed by atoms with E-state index in [0.717, 1.165) is 57.8 Å². The summed E-state index contributed by atoms with van der Waals surface area (Å²) in [6.07, 6.45) is 56.2. The number of nitrogens with zero attached hydrogens (tertiary/aromatic N) is 1. The fourth-order valence-corrected chi connectivity index (χ4v) is 8.13. The Morgan fingerprint density at radius 2 is 0.887 bits per heavy atom. The van der Waals surface area contributed by atoms with Crippen molar-refractivity contribution in [2.75, 3.05) is 54.1 Å². The summed E-state index contributed by atoms with van der Waals surface area (Å²) in [5.41, 5.74) is 0. The quantitative estimate of drug-likeness (QED) is 0.0214. The Morgan fingerprint density at radius 1 is 0.500 bits per heavy atom. The van der Waals surface area contributed by atoms with Crippen molar-refractivity contribution in [2.24, 2.45) is 0 Å². The Balaban J connectivity index is 4.13. The number of hydrogen-bond acceptors (Lipinski definition) is 6. The van der Waals surface area contributed by atoms with Gasteiger partial charge in [-0.25, -0.2) is 4.57 Å². The minimum Gasteiger partial charge on any atom is -0.457 e. The normalized spacial score (nSPS) is 13.8. The number of hydrogen-bond donors (Lipinski definition) is 1. The molecular formula is C53H103NO7P+. The fourth-order valence-electron chi connectivity index (χ4n) is 7.39. The molecule has 1 N–H and O–H groups in total. The molecule has 0 radical (unpaired) electrons. The zero-order chi connectivity index (χ0) is 45.5. The van der Waals surface area contributed by atoms with Crippen molar-refractivity contribution in [3.8, 4) is 0 Å². The molecule has 0 aromatic rings. The highest BCUT2D eigenvalue weighted by molar-refractivity contribution is 7.47. The third kappa shape index (κ3) is 49.7. The van der Waals surface area contributed by atoms with Crippen LogP contribution in [0.2, 0.25) is 0 Å². The highest BCUT2D eigenvalue weighted by Gasteiger charge is 2.26. The molecule has 62 heavy (non-hydrogen) atoms. The lowest BCUT2D eigenvalue weighted by atomic mass is 10.0. The molecule has 0 spiro atoms. The Morgan fingerprint density at radius 3 is 1.35 bits per heavy atom. The number of phosphoric ester groups is 1. The Bertz CT molecular complexity index is 1090. The van der Waals surface area contributed by atoms with Crippen molar-refractivity contribution in [3.05, 3.63) is 36.5 Å². The highest BCUT2D eigenvalue weighted by Crippen LogP contribution is 2.43. The molecule has 0 fully saturated rings. The molecule has 0 amide bonds. The number of carbonyl (C=O) groups excluding carboxylic acids is 1. The number of unbranched alkanes of at least 4 members (excludes halogenated alkanes) is 29. The van der Waals surface area contributed by atoms with Crippen LogP contribution in [0.15, 0.2) is 36.5 Å². The molecule has 0 aliphatic heterocycles. The number of esters is 1. The summed E-state index contributed by atoms with van der Waals surface area (Å²) in [6.45, 7) is 5.62. The number of quaternary nitrogens is 1. The van der Waals surface area contributed by atoms with E-state index in [4.69, 9.17) is 18.5 Å². The average molecular weight is 897 g/mol. The second-order valence-electron chi connectivity index (χ2n) is 18.9. The predicted octanol–water partition coefficient (Wildman–Crippen LogP) is 16.1. The van der Waals surface area contributed by atoms with E-state index in [0.29, 0.717) is 24.1 Å². The summed E-state index contributed by atoms with van der Waals surface area (Å²) in [7, 11) is 1.67. The van der Waals surface area contributed by atoms with Gasteiger partial charge in [0.2, 0.25) is 0 Å². The summed E-state index contributed by atoms with van der Waals surface area (Å²) in [6, 6.07) is 0. The van der Waals surface area contributed by atoms with E-state index in [2.05, 4.69) is 50.3 Å². The summed E-state index contributed by atoms with van der Waals surface area (Å²) in [5.74, 6) is -0.322. The van der Waals surface area contributed by atoms with Gasteiger partial charge in [0.15, 0.2) is 0 Å². The van der Waals surface area contributed by atoms with Crippen molar-refractivity contribution >= 4 is 13.8 Å². The number of ether oxygens (including phenoxy) is 2. The first-order valence-electron chi connectivity index (χ1n) is 26.2. The molecule has 0 aliphatic carbocycles. The van der Waals surface area contributed by atoms with Crippen molar-refractivity contribution in [3.63, 3.8) is 0 Å². The van der Waals surface area contributed by atoms with E-state index in [1.165, 1.54) is 161 Å². The number of rotatable bonds is 49. The summed E-state index contributed by atoms with van der Waals surface area (Å²) in [4.78, 5) is 23.0. The topological polar surface area (TPSA) is 91.3 Å². The monoisotopic (exact) mass is 897 g/mol. The minimum absolute atomic E-state index is 0.0869. The van der Waals surface area contributed by atoms with E-state index in [-0.39, 0.29) is 25.8 Å². The van der Waals surface area contributed by atoms with Crippen LogP contribution in [0, 0.1) is 0 Å². The molecule has 0 saturated heterocycles. The third-order valence-corrected chi connectivity index (χ3v) is 12.4. The number of allylic oxidation sites excluding steroid dienone is 6. The molecule has 0 bridgehead atoms. The first kappa shape index (κ1) is 60.7. The largest absolute Gasteiger partial charge is 0.472 e. The van der Waals surface area contributed by atoms with E-state index in [1.807, 2.05) is 21.1 Å². The molecule has 0 aromatic carbocycles. The van der Waals surface area contributed by atoms with Crippen molar-refractivity contribution in [1.82, 2.24) is 0 Å². The minimum atomic E-state index is -4.28. The van der Waals surface area contributed by atoms with Crippen LogP contribution in [0.3, 0.4) is 0 Å². The van der Waals surface area contributed by atoms with Crippen molar-refractivity contribution in [2.45, 2.75) is 245 Å². The van der Waals surface area contributed by atoms with Gasteiger partial charge < -0.3 is 18.9 Å². The molecule has 0 aliphatic rings. The number of phosphoric acid groups is 1. The summed E-state index contributed by atoms with van der Waals surface area (Å²) >= 11 is 0. The molecule has 0 aromatic heterocycles. The molecule has 2 unspecified atom stereocenters. The molecule has 0 heterocycles. The van der Waals surface area contributed by atoms with E-state index < -0.39 is 13.9 Å². The summed E-state index contributed by atoms with van der Waals surface area (Å²) in [5, 5.41) is 0. The lowest BCUT2D eigenvalue weighted by Crippen LogP contribution is -2.37. The van der Waals surface area contributed by atoms with Gasteiger partial charge in [-0.05, 0) is 51.4 Å². The van der Waals surface area contributed by atoms with Crippen LogP contribution in [0.5, 0.6) is 0 Å². The Hall–Kier alpha value is -1.28. The van der Waals surface area contributed by atoms with Gasteiger partial charge in [0.1, 0.15) is 19.3 Å². The van der Waals surface area contributed by atoms with Gasteiger partial charge in [-0.2, -0.15) is 0 Å². The van der Waals surface area contributed by atoms with Gasteiger partial charge in [0, 0.05) is 13.0 Å². The smallest absolute Gasteiger partial charge is 0.457 e. The fraction of sp³-hybridized carbons (Fsp3) is 0.868. The second-order valence-corrected chi connectivity index (χ2v) is 20.4. The lowest BCUT2D eigenvalue weighted by molar-refractivity contribution is -0.870. The van der Waals surface area contributed by atoms with Crippen molar-refractivity contribution < 1.29 is 37.3 Å². The van der Waals surface area contributed by atoms with E-state index in [1.54, 1.807) is 0 Å². The molecule has 0 saturated carbocycles. The predicted molar refractivity (Wildman–Crippen MR) is 266 cm³/mol. The SMILES string of the molecule is CCCCC/C=C\C/C=C\C/C=C\CCCCCCCCC(=O)OC(COCCCCCCCCCCCCCCCCCCCCCCC)COP(=O)(O)OCC[N+](C)(C)C. The van der Waals surface area contributed by atoms with Crippen molar-refractivity contribution in [1.29, 1.82) is 0 Å². The maximum Gasteiger partial charge on any atom is 0.472 e. The molecule has 9 heteroatoms. The van der Waals surface area contributed by atoms with Crippen LogP contribution < -0.4 is 0 Å². The van der Waals surface area contributed by atoms with E-state index >= 15 is 0 Å². The maximum atomic E-state index is 12.8. The van der Waals surface area contributed by atoms with Gasteiger partial charge in [-0.15, -0.1) is 0 Å². The van der Waals surface area contributed by atoms with Crippen LogP contribution in [-0.2, 0) is 27.9 Å². The second kappa shape index (κ2) is 46.3. The van der Waals surface area contributed by atoms with Gasteiger partial charge >= 0.3 is 13.8 Å². The number of likely N-dealkylation sites (N-methyl/N-ethyl adjacent to an activating group) is 1. The zero-order valence-electron chi connectivity index (χ0n) is 41.6. The molecular weight excluding hydrogens is 794 g/mol. The molecule has 366 valence electrons. The van der Waals surface area contributed by atoms with Crippen LogP contribution in [0.1, 0.15) is 239 Å². The highest BCUT2D eigenvalue weighted by atomic mass is 31.2. The average Bonchev–Trinajstić information content (AvgIpc) is 3.23. The van der Waals surface area contributed by atoms with Gasteiger partial charge in [0.05, 0.1) is 34.4 Å². The molecule has 2 atom stereocenters. The molecule has 8 nitrogen and oxygen atoms in total. The first-order chi connectivity index (χ1) is 30.1. The first-order valence-corrected chi connectivity index (χ1v) is 27.7. The third-order valence-electron chi connectivity index (χ3n) is 11.5. The zero-order valence-corrected chi connectivity index (χ0v) is 42.5. The van der Waals surface area contributed by atoms with Gasteiger partial charge in [0.25, 0.3) is 0 Å². The van der Waals surface area contributed by atoms with Gasteiger partial charge in [-0.1, -0.05) is 217 Å². The van der Waals surface area contributed by atoms with Gasteiger partial charge in [-0.3, -0.25) is 13.8 Å². The standard InChI is InChI=1S/C53H102NO7P/c1-6-8-10-12-14-16-18-20-22-24-26-27-29-31-33-35-37-39-41-43-45-48-58-50-52(51-60-62(56,57)59-49-47-54(3,4)5)61-53(55)46-44-42-40-38-36-34-32-30-28-25-23-21-19-17-15-13-11-9-7-2/h15,17,21,23,28,30,52H,6-14,16,18-20,22,24-27,29,31-51H2,1-5H3/p+1/b17-15-,23-21-,30-28-. The summed E-state index contributed by atoms with van der Waals surface area (Å²) < 4.78 is 35.2. The van der Waals surface area contributed by atoms with Crippen LogP contribution in [-0.4, -0.2) is 75.6 Å². The Kier molecular flexibility index (Phi) is 45.3. The molecule has 0 rings (SSSR count). The Labute approximate surface area is 385 Å².